The minimum atomic E-state index is 0.376. The first-order chi connectivity index (χ1) is 9.65. The maximum absolute atomic E-state index is 6.07. The molecule has 0 saturated carbocycles. The number of rotatable bonds is 5. The number of hydrogen-bond donors (Lipinski definition) is 1. The van der Waals surface area contributed by atoms with Crippen LogP contribution >= 0.6 is 23.2 Å². The summed E-state index contributed by atoms with van der Waals surface area (Å²) in [7, 11) is 1.62. The third-order valence-corrected chi connectivity index (χ3v) is 3.68. The van der Waals surface area contributed by atoms with E-state index in [0.717, 1.165) is 16.9 Å². The molecule has 0 heterocycles. The summed E-state index contributed by atoms with van der Waals surface area (Å²) >= 11 is 12.0. The van der Waals surface area contributed by atoms with Gasteiger partial charge in [-0.3, -0.25) is 0 Å². The molecule has 5 heteroatoms. The molecule has 0 fully saturated rings. The molecule has 0 aliphatic heterocycles. The van der Waals surface area contributed by atoms with Gasteiger partial charge in [0.05, 0.1) is 12.1 Å². The highest BCUT2D eigenvalue weighted by Gasteiger charge is 2.07. The second-order valence-electron chi connectivity index (χ2n) is 4.19. The van der Waals surface area contributed by atoms with Crippen LogP contribution in [0.5, 0.6) is 11.5 Å². The van der Waals surface area contributed by atoms with Gasteiger partial charge >= 0.3 is 0 Å². The first-order valence-electron chi connectivity index (χ1n) is 6.08. The summed E-state index contributed by atoms with van der Waals surface area (Å²) in [6.45, 7) is 0.811. The maximum Gasteiger partial charge on any atom is 0.139 e. The summed E-state index contributed by atoms with van der Waals surface area (Å²) in [5.74, 6) is 1.31. The Bertz CT molecular complexity index is 602. The van der Waals surface area contributed by atoms with Crippen molar-refractivity contribution in [1.82, 2.24) is 0 Å². The van der Waals surface area contributed by atoms with Crippen LogP contribution < -0.4 is 15.2 Å². The SMILES string of the molecule is COc1cc(COc2cccc(Cl)c2Cl)ccc1CN. The van der Waals surface area contributed by atoms with Gasteiger partial charge in [-0.25, -0.2) is 0 Å². The zero-order valence-electron chi connectivity index (χ0n) is 11.0. The first kappa shape index (κ1) is 15.0. The summed E-state index contributed by atoms with van der Waals surface area (Å²) in [5.41, 5.74) is 7.56. The normalized spacial score (nSPS) is 10.4. The predicted molar refractivity (Wildman–Crippen MR) is 81.7 cm³/mol. The lowest BCUT2D eigenvalue weighted by Crippen LogP contribution is -2.02. The van der Waals surface area contributed by atoms with E-state index in [1.807, 2.05) is 18.2 Å². The quantitative estimate of drug-likeness (QED) is 0.906. The van der Waals surface area contributed by atoms with Crippen LogP contribution in [0.1, 0.15) is 11.1 Å². The molecule has 106 valence electrons. The number of ether oxygens (including phenoxy) is 2. The summed E-state index contributed by atoms with van der Waals surface area (Å²) in [4.78, 5) is 0. The van der Waals surface area contributed by atoms with Crippen LogP contribution in [0.15, 0.2) is 36.4 Å². The molecule has 0 unspecified atom stereocenters. The predicted octanol–water partition coefficient (Wildman–Crippen LogP) is 4.04. The third-order valence-electron chi connectivity index (χ3n) is 2.88. The molecule has 0 aliphatic rings. The Hall–Kier alpha value is -1.42. The Kier molecular flexibility index (Phi) is 5.12. The molecule has 2 aromatic carbocycles. The first-order valence-corrected chi connectivity index (χ1v) is 6.84. The van der Waals surface area contributed by atoms with Gasteiger partial charge in [-0.1, -0.05) is 41.4 Å². The highest BCUT2D eigenvalue weighted by Crippen LogP contribution is 2.32. The summed E-state index contributed by atoms with van der Waals surface area (Å²) in [5, 5.41) is 0.889. The maximum atomic E-state index is 6.07. The number of methoxy groups -OCH3 is 1. The fourth-order valence-corrected chi connectivity index (χ4v) is 2.15. The van der Waals surface area contributed by atoms with Crippen LogP contribution in [-0.4, -0.2) is 7.11 Å². The standard InChI is InChI=1S/C15H15Cl2NO2/c1-19-14-7-10(5-6-11(14)8-18)9-20-13-4-2-3-12(16)15(13)17/h2-7H,8-9,18H2,1H3. The lowest BCUT2D eigenvalue weighted by Gasteiger charge is -2.11. The van der Waals surface area contributed by atoms with Crippen LogP contribution in [-0.2, 0) is 13.2 Å². The smallest absolute Gasteiger partial charge is 0.139 e. The topological polar surface area (TPSA) is 44.5 Å². The van der Waals surface area contributed by atoms with Gasteiger partial charge in [0.15, 0.2) is 0 Å². The van der Waals surface area contributed by atoms with Crippen molar-refractivity contribution in [2.75, 3.05) is 7.11 Å². The molecule has 2 N–H and O–H groups in total. The van der Waals surface area contributed by atoms with E-state index in [1.54, 1.807) is 25.3 Å². The third kappa shape index (κ3) is 3.37. The van der Waals surface area contributed by atoms with Crippen molar-refractivity contribution < 1.29 is 9.47 Å². The summed E-state index contributed by atoms with van der Waals surface area (Å²) in [6.07, 6.45) is 0. The molecule has 20 heavy (non-hydrogen) atoms. The van der Waals surface area contributed by atoms with E-state index in [9.17, 15) is 0 Å². The Morgan fingerprint density at radius 2 is 1.90 bits per heavy atom. The van der Waals surface area contributed by atoms with Crippen molar-refractivity contribution in [2.24, 2.45) is 5.73 Å². The molecule has 0 saturated heterocycles. The van der Waals surface area contributed by atoms with Gasteiger partial charge in [-0.05, 0) is 23.8 Å². The molecule has 0 bridgehead atoms. The Morgan fingerprint density at radius 3 is 2.60 bits per heavy atom. The lowest BCUT2D eigenvalue weighted by atomic mass is 10.1. The number of halogens is 2. The second-order valence-corrected chi connectivity index (χ2v) is 4.98. The van der Waals surface area contributed by atoms with Crippen molar-refractivity contribution in [3.8, 4) is 11.5 Å². The Morgan fingerprint density at radius 1 is 1.10 bits per heavy atom. The molecule has 0 spiro atoms. The van der Waals surface area contributed by atoms with E-state index < -0.39 is 0 Å². The average Bonchev–Trinajstić information content (AvgIpc) is 2.48. The molecule has 3 nitrogen and oxygen atoms in total. The zero-order valence-corrected chi connectivity index (χ0v) is 12.5. The molecule has 0 atom stereocenters. The minimum Gasteiger partial charge on any atom is -0.496 e. The molecule has 2 rings (SSSR count). The number of hydrogen-bond acceptors (Lipinski definition) is 3. The Labute approximate surface area is 128 Å². The largest absolute Gasteiger partial charge is 0.496 e. The van der Waals surface area contributed by atoms with E-state index in [1.165, 1.54) is 0 Å². The van der Waals surface area contributed by atoms with E-state index in [4.69, 9.17) is 38.4 Å². The van der Waals surface area contributed by atoms with Gasteiger partial charge < -0.3 is 15.2 Å². The summed E-state index contributed by atoms with van der Waals surface area (Å²) < 4.78 is 11.0. The van der Waals surface area contributed by atoms with Crippen LogP contribution in [0.25, 0.3) is 0 Å². The molecule has 0 amide bonds. The fraction of sp³-hybridized carbons (Fsp3) is 0.200. The lowest BCUT2D eigenvalue weighted by molar-refractivity contribution is 0.305. The fourth-order valence-electron chi connectivity index (χ4n) is 1.80. The molecule has 0 aromatic heterocycles. The van der Waals surface area contributed by atoms with E-state index in [-0.39, 0.29) is 0 Å². The number of benzene rings is 2. The highest BCUT2D eigenvalue weighted by atomic mass is 35.5. The van der Waals surface area contributed by atoms with Crippen LogP contribution in [0.4, 0.5) is 0 Å². The van der Waals surface area contributed by atoms with Crippen molar-refractivity contribution in [2.45, 2.75) is 13.2 Å². The van der Waals surface area contributed by atoms with Crippen molar-refractivity contribution >= 4 is 23.2 Å². The van der Waals surface area contributed by atoms with Gasteiger partial charge in [0.1, 0.15) is 23.1 Å². The van der Waals surface area contributed by atoms with E-state index in [2.05, 4.69) is 0 Å². The second kappa shape index (κ2) is 6.84. The van der Waals surface area contributed by atoms with Gasteiger partial charge in [0.25, 0.3) is 0 Å². The molecule has 2 aromatic rings. The number of nitrogens with two attached hydrogens (primary N) is 1. The molecule has 0 aliphatic carbocycles. The van der Waals surface area contributed by atoms with Crippen LogP contribution in [0.2, 0.25) is 10.0 Å². The highest BCUT2D eigenvalue weighted by molar-refractivity contribution is 6.42. The van der Waals surface area contributed by atoms with Crippen LogP contribution in [0, 0.1) is 0 Å². The Balaban J connectivity index is 2.13. The molecule has 0 radical (unpaired) electrons. The van der Waals surface area contributed by atoms with E-state index in [0.29, 0.717) is 28.9 Å². The van der Waals surface area contributed by atoms with Gasteiger partial charge in [-0.2, -0.15) is 0 Å². The van der Waals surface area contributed by atoms with E-state index >= 15 is 0 Å². The molecular weight excluding hydrogens is 297 g/mol. The van der Waals surface area contributed by atoms with Crippen molar-refractivity contribution in [3.63, 3.8) is 0 Å². The minimum absolute atomic E-state index is 0.376. The van der Waals surface area contributed by atoms with Crippen molar-refractivity contribution in [1.29, 1.82) is 0 Å². The van der Waals surface area contributed by atoms with Crippen LogP contribution in [0.3, 0.4) is 0 Å². The molecular formula is C15H15Cl2NO2. The zero-order chi connectivity index (χ0) is 14.5. The average molecular weight is 312 g/mol. The van der Waals surface area contributed by atoms with Gasteiger partial charge in [-0.15, -0.1) is 0 Å². The van der Waals surface area contributed by atoms with Gasteiger partial charge in [0, 0.05) is 12.1 Å². The van der Waals surface area contributed by atoms with Gasteiger partial charge in [0.2, 0.25) is 0 Å². The monoisotopic (exact) mass is 311 g/mol. The summed E-state index contributed by atoms with van der Waals surface area (Å²) in [6, 6.07) is 11.1. The van der Waals surface area contributed by atoms with Crippen molar-refractivity contribution in [3.05, 3.63) is 57.6 Å².